The van der Waals surface area contributed by atoms with Crippen molar-refractivity contribution < 1.29 is 0 Å². The molecule has 0 aliphatic carbocycles. The molecule has 6 heteroatoms. The Hall–Kier alpha value is -2.34. The first kappa shape index (κ1) is 14.6. The number of hydrazone groups is 1. The second kappa shape index (κ2) is 5.81. The van der Waals surface area contributed by atoms with Gasteiger partial charge < -0.3 is 0 Å². The van der Waals surface area contributed by atoms with Crippen molar-refractivity contribution in [3.05, 3.63) is 47.4 Å². The Morgan fingerprint density at radius 2 is 2.05 bits per heavy atom. The SMILES string of the molecule is CC(C)(C)c1cc2c(N/N=C\c3ccccn3)ncnc2s1. The highest BCUT2D eigenvalue weighted by atomic mass is 32.1. The van der Waals surface area contributed by atoms with Crippen LogP contribution in [-0.4, -0.2) is 21.2 Å². The van der Waals surface area contributed by atoms with Crippen LogP contribution >= 0.6 is 11.3 Å². The molecule has 0 radical (unpaired) electrons. The summed E-state index contributed by atoms with van der Waals surface area (Å²) in [5.41, 5.74) is 3.88. The van der Waals surface area contributed by atoms with E-state index in [1.54, 1.807) is 30.1 Å². The quantitative estimate of drug-likeness (QED) is 0.590. The van der Waals surface area contributed by atoms with Crippen LogP contribution in [0.1, 0.15) is 31.3 Å². The molecule has 1 N–H and O–H groups in total. The Morgan fingerprint density at radius 1 is 1.18 bits per heavy atom. The molecule has 3 rings (SSSR count). The van der Waals surface area contributed by atoms with Gasteiger partial charge in [0, 0.05) is 11.1 Å². The van der Waals surface area contributed by atoms with E-state index in [4.69, 9.17) is 0 Å². The van der Waals surface area contributed by atoms with Gasteiger partial charge in [-0.3, -0.25) is 10.4 Å². The van der Waals surface area contributed by atoms with Crippen molar-refractivity contribution in [2.45, 2.75) is 26.2 Å². The minimum absolute atomic E-state index is 0.0971. The van der Waals surface area contributed by atoms with Gasteiger partial charge in [-0.25, -0.2) is 9.97 Å². The van der Waals surface area contributed by atoms with Gasteiger partial charge in [-0.1, -0.05) is 26.8 Å². The molecule has 0 saturated heterocycles. The molecule has 0 bridgehead atoms. The highest BCUT2D eigenvalue weighted by Crippen LogP contribution is 2.35. The van der Waals surface area contributed by atoms with Crippen molar-refractivity contribution in [3.8, 4) is 0 Å². The molecular weight excluding hydrogens is 294 g/mol. The summed E-state index contributed by atoms with van der Waals surface area (Å²) in [7, 11) is 0. The molecule has 0 spiro atoms. The predicted octanol–water partition coefficient (Wildman–Crippen LogP) is 3.83. The summed E-state index contributed by atoms with van der Waals surface area (Å²) >= 11 is 1.69. The number of rotatable bonds is 3. The number of aromatic nitrogens is 3. The van der Waals surface area contributed by atoms with Crippen LogP contribution in [0, 0.1) is 0 Å². The lowest BCUT2D eigenvalue weighted by Gasteiger charge is -2.14. The average Bonchev–Trinajstić information content (AvgIpc) is 2.93. The molecule has 0 atom stereocenters. The fourth-order valence-corrected chi connectivity index (χ4v) is 2.98. The Bertz CT molecular complexity index is 802. The molecule has 3 heterocycles. The number of pyridine rings is 1. The minimum Gasteiger partial charge on any atom is -0.261 e. The van der Waals surface area contributed by atoms with Crippen molar-refractivity contribution in [2.24, 2.45) is 5.10 Å². The molecule has 0 unspecified atom stereocenters. The van der Waals surface area contributed by atoms with E-state index in [-0.39, 0.29) is 5.41 Å². The average molecular weight is 311 g/mol. The maximum Gasteiger partial charge on any atom is 0.158 e. The molecule has 0 aliphatic rings. The lowest BCUT2D eigenvalue weighted by molar-refractivity contribution is 0.604. The second-order valence-corrected chi connectivity index (χ2v) is 6.96. The Labute approximate surface area is 133 Å². The summed E-state index contributed by atoms with van der Waals surface area (Å²) < 4.78 is 0. The third kappa shape index (κ3) is 3.12. The van der Waals surface area contributed by atoms with Crippen molar-refractivity contribution >= 4 is 33.6 Å². The van der Waals surface area contributed by atoms with Crippen molar-refractivity contribution in [3.63, 3.8) is 0 Å². The van der Waals surface area contributed by atoms with Crippen LogP contribution in [-0.2, 0) is 5.41 Å². The lowest BCUT2D eigenvalue weighted by atomic mass is 9.94. The van der Waals surface area contributed by atoms with Crippen LogP contribution in [0.5, 0.6) is 0 Å². The van der Waals surface area contributed by atoms with E-state index < -0.39 is 0 Å². The summed E-state index contributed by atoms with van der Waals surface area (Å²) in [6.45, 7) is 6.58. The minimum atomic E-state index is 0.0971. The first-order valence-corrected chi connectivity index (χ1v) is 7.81. The highest BCUT2D eigenvalue weighted by Gasteiger charge is 2.18. The topological polar surface area (TPSA) is 63.1 Å². The van der Waals surface area contributed by atoms with E-state index in [0.29, 0.717) is 5.82 Å². The fourth-order valence-electron chi connectivity index (χ4n) is 1.93. The van der Waals surface area contributed by atoms with Crippen LogP contribution in [0.25, 0.3) is 10.2 Å². The third-order valence-electron chi connectivity index (χ3n) is 3.12. The lowest BCUT2D eigenvalue weighted by Crippen LogP contribution is -2.07. The number of hydrogen-bond acceptors (Lipinski definition) is 6. The first-order chi connectivity index (χ1) is 10.5. The molecule has 0 amide bonds. The zero-order chi connectivity index (χ0) is 15.6. The molecule has 3 aromatic rings. The van der Waals surface area contributed by atoms with E-state index >= 15 is 0 Å². The molecule has 22 heavy (non-hydrogen) atoms. The van der Waals surface area contributed by atoms with Crippen LogP contribution in [0.2, 0.25) is 0 Å². The van der Waals surface area contributed by atoms with E-state index in [0.717, 1.165) is 15.9 Å². The zero-order valence-corrected chi connectivity index (χ0v) is 13.6. The largest absolute Gasteiger partial charge is 0.261 e. The Kier molecular flexibility index (Phi) is 3.85. The van der Waals surface area contributed by atoms with Crippen LogP contribution < -0.4 is 5.43 Å². The van der Waals surface area contributed by atoms with E-state index in [2.05, 4.69) is 52.3 Å². The number of nitrogens with zero attached hydrogens (tertiary/aromatic N) is 4. The van der Waals surface area contributed by atoms with E-state index in [9.17, 15) is 0 Å². The number of hydrogen-bond donors (Lipinski definition) is 1. The maximum absolute atomic E-state index is 4.35. The summed E-state index contributed by atoms with van der Waals surface area (Å²) in [5, 5.41) is 5.21. The molecule has 112 valence electrons. The standard InChI is InChI=1S/C16H17N5S/c1-16(2,3)13-8-12-14(18-10-19-15(12)22-13)21-20-9-11-6-4-5-7-17-11/h4-10H,1-3H3,(H,18,19,21)/b20-9-. The van der Waals surface area contributed by atoms with E-state index in [1.165, 1.54) is 4.88 Å². The zero-order valence-electron chi connectivity index (χ0n) is 12.7. The number of thiophene rings is 1. The van der Waals surface area contributed by atoms with Crippen molar-refractivity contribution in [2.75, 3.05) is 5.43 Å². The highest BCUT2D eigenvalue weighted by molar-refractivity contribution is 7.18. The van der Waals surface area contributed by atoms with E-state index in [1.807, 2.05) is 18.2 Å². The van der Waals surface area contributed by atoms with Gasteiger partial charge in [0.15, 0.2) is 5.82 Å². The summed E-state index contributed by atoms with van der Waals surface area (Å²) in [5.74, 6) is 0.712. The molecule has 3 aromatic heterocycles. The summed E-state index contributed by atoms with van der Waals surface area (Å²) in [6.07, 6.45) is 4.97. The predicted molar refractivity (Wildman–Crippen MR) is 91.6 cm³/mol. The van der Waals surface area contributed by atoms with Crippen LogP contribution in [0.3, 0.4) is 0 Å². The first-order valence-electron chi connectivity index (χ1n) is 6.99. The van der Waals surface area contributed by atoms with Gasteiger partial charge >= 0.3 is 0 Å². The normalized spacial score (nSPS) is 12.1. The Balaban J connectivity index is 1.88. The van der Waals surface area contributed by atoms with Gasteiger partial charge in [0.1, 0.15) is 11.2 Å². The Morgan fingerprint density at radius 3 is 2.77 bits per heavy atom. The molecular formula is C16H17N5S. The van der Waals surface area contributed by atoms with Gasteiger partial charge in [0.05, 0.1) is 17.3 Å². The molecule has 0 aliphatic heterocycles. The van der Waals surface area contributed by atoms with Crippen molar-refractivity contribution in [1.82, 2.24) is 15.0 Å². The molecule has 0 aromatic carbocycles. The number of fused-ring (bicyclic) bond motifs is 1. The van der Waals surface area contributed by atoms with Crippen LogP contribution in [0.15, 0.2) is 41.9 Å². The summed E-state index contributed by atoms with van der Waals surface area (Å²) in [6, 6.07) is 7.82. The third-order valence-corrected chi connectivity index (χ3v) is 4.59. The molecule has 0 fully saturated rings. The second-order valence-electron chi connectivity index (χ2n) is 5.93. The van der Waals surface area contributed by atoms with Gasteiger partial charge in [-0.05, 0) is 23.6 Å². The van der Waals surface area contributed by atoms with Crippen molar-refractivity contribution in [1.29, 1.82) is 0 Å². The van der Waals surface area contributed by atoms with Crippen LogP contribution in [0.4, 0.5) is 5.82 Å². The van der Waals surface area contributed by atoms with Gasteiger partial charge in [-0.15, -0.1) is 11.3 Å². The number of anilines is 1. The fraction of sp³-hybridized carbons (Fsp3) is 0.250. The molecule has 5 nitrogen and oxygen atoms in total. The monoisotopic (exact) mass is 311 g/mol. The van der Waals surface area contributed by atoms with Gasteiger partial charge in [0.2, 0.25) is 0 Å². The van der Waals surface area contributed by atoms with Gasteiger partial charge in [0.25, 0.3) is 0 Å². The van der Waals surface area contributed by atoms with Gasteiger partial charge in [-0.2, -0.15) is 5.10 Å². The number of nitrogens with one attached hydrogen (secondary N) is 1. The smallest absolute Gasteiger partial charge is 0.158 e. The maximum atomic E-state index is 4.35. The molecule has 0 saturated carbocycles. The summed E-state index contributed by atoms with van der Waals surface area (Å²) in [4.78, 5) is 15.1.